The van der Waals surface area contributed by atoms with Crippen LogP contribution in [0.2, 0.25) is 0 Å². The van der Waals surface area contributed by atoms with E-state index < -0.39 is 23.8 Å². The van der Waals surface area contributed by atoms with Crippen LogP contribution in [-0.4, -0.2) is 42.4 Å². The summed E-state index contributed by atoms with van der Waals surface area (Å²) in [4.78, 5) is 31.9. The summed E-state index contributed by atoms with van der Waals surface area (Å²) in [5.41, 5.74) is 2.98. The third kappa shape index (κ3) is 3.97. The van der Waals surface area contributed by atoms with Gasteiger partial charge in [0, 0.05) is 0 Å². The number of carbonyl (C=O) groups is 2. The average molecular weight is 450 g/mol. The van der Waals surface area contributed by atoms with Crippen molar-refractivity contribution < 1.29 is 23.5 Å². The zero-order valence-corrected chi connectivity index (χ0v) is 18.7. The van der Waals surface area contributed by atoms with Gasteiger partial charge in [0.2, 0.25) is 11.8 Å². The van der Waals surface area contributed by atoms with Crippen molar-refractivity contribution in [1.29, 1.82) is 0 Å². The topological polar surface area (TPSA) is 83.8 Å². The van der Waals surface area contributed by atoms with Gasteiger partial charge in [-0.25, -0.2) is 19.0 Å². The molecule has 0 N–H and O–H groups in total. The van der Waals surface area contributed by atoms with Gasteiger partial charge >= 0.3 is 11.9 Å². The molecule has 0 amide bonds. The summed E-state index contributed by atoms with van der Waals surface area (Å²) in [6.07, 6.45) is 0. The highest BCUT2D eigenvalue weighted by atomic mass is 19.1. The Morgan fingerprint density at radius 1 is 1.03 bits per heavy atom. The van der Waals surface area contributed by atoms with Crippen LogP contribution in [0, 0.1) is 12.7 Å². The normalized spacial score (nSPS) is 17.4. The van der Waals surface area contributed by atoms with Crippen LogP contribution in [0.3, 0.4) is 0 Å². The number of carbonyl (C=O) groups excluding carboxylic acids is 2. The van der Waals surface area contributed by atoms with Crippen molar-refractivity contribution in [3.63, 3.8) is 0 Å². The first-order valence-electron chi connectivity index (χ1n) is 10.4. The van der Waals surface area contributed by atoms with Crippen LogP contribution in [0.4, 0.5) is 10.1 Å². The Balaban J connectivity index is 1.93. The Labute approximate surface area is 190 Å². The SMILES string of the molecule is CCOC(=O)C1=NN(c2ccc(F)cc2)C2=NC(C)=C(C(=O)OC)C(c3ccc(C)cc3)N12. The molecule has 1 atom stereocenters. The average Bonchev–Trinajstić information content (AvgIpc) is 3.18. The number of rotatable bonds is 5. The molecule has 33 heavy (non-hydrogen) atoms. The highest BCUT2D eigenvalue weighted by Crippen LogP contribution is 2.40. The van der Waals surface area contributed by atoms with Gasteiger partial charge in [-0.05, 0) is 50.6 Å². The molecule has 0 aliphatic carbocycles. The van der Waals surface area contributed by atoms with Crippen molar-refractivity contribution in [2.24, 2.45) is 10.1 Å². The Bertz CT molecular complexity index is 1190. The van der Waals surface area contributed by atoms with Gasteiger partial charge in [0.1, 0.15) is 5.82 Å². The minimum absolute atomic E-state index is 0.0422. The fraction of sp³-hybridized carbons (Fsp3) is 0.250. The molecular formula is C24H23FN4O4. The van der Waals surface area contributed by atoms with Crippen LogP contribution in [0.15, 0.2) is 69.9 Å². The highest BCUT2D eigenvalue weighted by molar-refractivity contribution is 6.41. The van der Waals surface area contributed by atoms with Gasteiger partial charge in [-0.3, -0.25) is 4.90 Å². The molecule has 2 aliphatic heterocycles. The number of guanidine groups is 1. The minimum atomic E-state index is -0.737. The molecule has 0 radical (unpaired) electrons. The smallest absolute Gasteiger partial charge is 0.376 e. The lowest BCUT2D eigenvalue weighted by Crippen LogP contribution is -2.47. The first kappa shape index (κ1) is 22.2. The van der Waals surface area contributed by atoms with Crippen LogP contribution in [0.25, 0.3) is 0 Å². The van der Waals surface area contributed by atoms with Gasteiger partial charge in [-0.2, -0.15) is 5.01 Å². The van der Waals surface area contributed by atoms with Crippen molar-refractivity contribution >= 4 is 29.4 Å². The number of nitrogens with zero attached hydrogens (tertiary/aromatic N) is 4. The van der Waals surface area contributed by atoms with E-state index in [9.17, 15) is 14.0 Å². The van der Waals surface area contributed by atoms with Crippen molar-refractivity contribution in [1.82, 2.24) is 4.90 Å². The second kappa shape index (κ2) is 8.85. The zero-order chi connectivity index (χ0) is 23.7. The van der Waals surface area contributed by atoms with Gasteiger partial charge in [0.15, 0.2) is 0 Å². The zero-order valence-electron chi connectivity index (χ0n) is 18.7. The predicted molar refractivity (Wildman–Crippen MR) is 121 cm³/mol. The largest absolute Gasteiger partial charge is 0.466 e. The molecule has 2 heterocycles. The van der Waals surface area contributed by atoms with E-state index in [1.807, 2.05) is 31.2 Å². The number of anilines is 1. The molecule has 2 aliphatic rings. The Kier molecular flexibility index (Phi) is 5.95. The first-order valence-corrected chi connectivity index (χ1v) is 10.4. The van der Waals surface area contributed by atoms with E-state index in [1.165, 1.54) is 36.4 Å². The molecular weight excluding hydrogens is 427 g/mol. The fourth-order valence-corrected chi connectivity index (χ4v) is 3.78. The number of ether oxygens (including phenoxy) is 2. The Morgan fingerprint density at radius 3 is 2.30 bits per heavy atom. The number of halogens is 1. The van der Waals surface area contributed by atoms with E-state index in [1.54, 1.807) is 18.7 Å². The molecule has 8 nitrogen and oxygen atoms in total. The van der Waals surface area contributed by atoms with Crippen LogP contribution in [0.5, 0.6) is 0 Å². The van der Waals surface area contributed by atoms with E-state index in [4.69, 9.17) is 9.47 Å². The number of aliphatic imine (C=N–C) groups is 1. The van der Waals surface area contributed by atoms with Crippen molar-refractivity contribution in [3.05, 3.63) is 76.7 Å². The Hall–Kier alpha value is -4.01. The second-order valence-corrected chi connectivity index (χ2v) is 7.52. The maximum Gasteiger partial charge on any atom is 0.376 e. The number of fused-ring (bicyclic) bond motifs is 1. The molecule has 0 fully saturated rings. The maximum atomic E-state index is 13.5. The molecule has 170 valence electrons. The lowest BCUT2D eigenvalue weighted by molar-refractivity contribution is -0.138. The number of hydrogen-bond donors (Lipinski definition) is 0. The summed E-state index contributed by atoms with van der Waals surface area (Å²) in [5, 5.41) is 5.90. The number of hydrazone groups is 1. The molecule has 0 saturated heterocycles. The molecule has 1 unspecified atom stereocenters. The third-order valence-corrected chi connectivity index (χ3v) is 5.34. The highest BCUT2D eigenvalue weighted by Gasteiger charge is 2.47. The quantitative estimate of drug-likeness (QED) is 0.646. The van der Waals surface area contributed by atoms with E-state index in [0.717, 1.165) is 11.1 Å². The van der Waals surface area contributed by atoms with Crippen molar-refractivity contribution in [2.75, 3.05) is 18.7 Å². The number of esters is 2. The third-order valence-electron chi connectivity index (χ3n) is 5.34. The summed E-state index contributed by atoms with van der Waals surface area (Å²) in [6, 6.07) is 12.5. The second-order valence-electron chi connectivity index (χ2n) is 7.52. The van der Waals surface area contributed by atoms with Crippen molar-refractivity contribution in [3.8, 4) is 0 Å². The number of methoxy groups -OCH3 is 1. The molecule has 0 aromatic heterocycles. The first-order chi connectivity index (χ1) is 15.8. The summed E-state index contributed by atoms with van der Waals surface area (Å²) in [6.45, 7) is 5.49. The summed E-state index contributed by atoms with van der Waals surface area (Å²) in [7, 11) is 1.29. The molecule has 2 aromatic carbocycles. The molecule has 9 heteroatoms. The van der Waals surface area contributed by atoms with E-state index in [0.29, 0.717) is 17.3 Å². The van der Waals surface area contributed by atoms with Crippen LogP contribution >= 0.6 is 0 Å². The monoisotopic (exact) mass is 450 g/mol. The number of amidine groups is 1. The van der Waals surface area contributed by atoms with Crippen LogP contribution in [-0.2, 0) is 19.1 Å². The molecule has 0 spiro atoms. The van der Waals surface area contributed by atoms with E-state index in [-0.39, 0.29) is 18.0 Å². The van der Waals surface area contributed by atoms with E-state index >= 15 is 0 Å². The van der Waals surface area contributed by atoms with Crippen molar-refractivity contribution in [2.45, 2.75) is 26.8 Å². The minimum Gasteiger partial charge on any atom is -0.466 e. The molecule has 2 aromatic rings. The van der Waals surface area contributed by atoms with Crippen LogP contribution in [0.1, 0.15) is 31.0 Å². The van der Waals surface area contributed by atoms with Gasteiger partial charge in [0.05, 0.1) is 36.7 Å². The summed E-state index contributed by atoms with van der Waals surface area (Å²) in [5.74, 6) is -1.39. The number of allylic oxidation sites excluding steroid dienone is 1. The molecule has 0 bridgehead atoms. The number of aryl methyl sites for hydroxylation is 1. The Morgan fingerprint density at radius 2 is 1.70 bits per heavy atom. The van der Waals surface area contributed by atoms with E-state index in [2.05, 4.69) is 10.1 Å². The fourth-order valence-electron chi connectivity index (χ4n) is 3.78. The number of benzene rings is 2. The predicted octanol–water partition coefficient (Wildman–Crippen LogP) is 3.69. The maximum absolute atomic E-state index is 13.5. The summed E-state index contributed by atoms with van der Waals surface area (Å²) < 4.78 is 23.8. The van der Waals surface area contributed by atoms with Gasteiger partial charge < -0.3 is 9.47 Å². The standard InChI is InChI=1S/C24H23FN4O4/c1-5-33-23(31)21-27-29(18-12-10-17(25)11-13-18)24-26-15(3)19(22(30)32-4)20(28(21)24)16-8-6-14(2)7-9-16/h6-13,20H,5H2,1-4H3. The van der Waals surface area contributed by atoms with Gasteiger partial charge in [-0.1, -0.05) is 29.8 Å². The summed E-state index contributed by atoms with van der Waals surface area (Å²) >= 11 is 0. The molecule has 4 rings (SSSR count). The lowest BCUT2D eigenvalue weighted by Gasteiger charge is -2.35. The van der Waals surface area contributed by atoms with Gasteiger partial charge in [-0.15, -0.1) is 5.10 Å². The van der Waals surface area contributed by atoms with Gasteiger partial charge in [0.25, 0.3) is 0 Å². The number of hydrogen-bond acceptors (Lipinski definition) is 8. The van der Waals surface area contributed by atoms with Crippen LogP contribution < -0.4 is 5.01 Å². The lowest BCUT2D eigenvalue weighted by atomic mass is 9.93. The molecule has 0 saturated carbocycles.